The lowest BCUT2D eigenvalue weighted by atomic mass is 10.0. The maximum absolute atomic E-state index is 12.5. The Balaban J connectivity index is 1.88. The van der Waals surface area contributed by atoms with Gasteiger partial charge < -0.3 is 15.4 Å². The van der Waals surface area contributed by atoms with Gasteiger partial charge in [-0.25, -0.2) is 0 Å². The zero-order valence-electron chi connectivity index (χ0n) is 17.6. The predicted octanol–water partition coefficient (Wildman–Crippen LogP) is 6.64. The number of benzene rings is 2. The molecule has 0 amide bonds. The molecule has 0 aliphatic rings. The number of ether oxygens (including phenoxy) is 1. The van der Waals surface area contributed by atoms with E-state index < -0.39 is 6.36 Å². The Kier molecular flexibility index (Phi) is 6.96. The SMILES string of the molecule is CC(C)(C)NCCCNc1c(-c2ccc(OC(F)(F)F)cc2)cnc2cc(Cl)ccc12. The van der Waals surface area contributed by atoms with Gasteiger partial charge in [-0.2, -0.15) is 0 Å². The van der Waals surface area contributed by atoms with Crippen molar-refractivity contribution in [3.63, 3.8) is 0 Å². The normalized spacial score (nSPS) is 12.2. The molecule has 0 radical (unpaired) electrons. The second-order valence-electron chi connectivity index (χ2n) is 8.24. The molecule has 8 heteroatoms. The van der Waals surface area contributed by atoms with Gasteiger partial charge in [0.2, 0.25) is 0 Å². The lowest BCUT2D eigenvalue weighted by molar-refractivity contribution is -0.274. The average Bonchev–Trinajstić information content (AvgIpc) is 2.66. The molecule has 0 saturated carbocycles. The highest BCUT2D eigenvalue weighted by Crippen LogP contribution is 2.35. The number of nitrogens with one attached hydrogen (secondary N) is 2. The summed E-state index contributed by atoms with van der Waals surface area (Å²) in [7, 11) is 0. The maximum Gasteiger partial charge on any atom is 0.573 e. The number of rotatable bonds is 7. The minimum absolute atomic E-state index is 0.0471. The molecule has 4 nitrogen and oxygen atoms in total. The molecule has 0 unspecified atom stereocenters. The van der Waals surface area contributed by atoms with Crippen LogP contribution >= 0.6 is 11.6 Å². The summed E-state index contributed by atoms with van der Waals surface area (Å²) in [4.78, 5) is 4.49. The van der Waals surface area contributed by atoms with Crippen LogP contribution in [0, 0.1) is 0 Å². The second kappa shape index (κ2) is 9.32. The Labute approximate surface area is 184 Å². The molecule has 0 bridgehead atoms. The quantitative estimate of drug-likeness (QED) is 0.395. The van der Waals surface area contributed by atoms with Crippen LogP contribution in [0.2, 0.25) is 5.02 Å². The molecule has 0 atom stereocenters. The van der Waals surface area contributed by atoms with Gasteiger partial charge in [0.1, 0.15) is 5.75 Å². The highest BCUT2D eigenvalue weighted by Gasteiger charge is 2.31. The molecular formula is C23H25ClF3N3O. The third-order valence-corrected chi connectivity index (χ3v) is 4.78. The topological polar surface area (TPSA) is 46.2 Å². The minimum Gasteiger partial charge on any atom is -0.406 e. The number of hydrogen-bond acceptors (Lipinski definition) is 4. The molecular weight excluding hydrogens is 427 g/mol. The molecule has 166 valence electrons. The van der Waals surface area contributed by atoms with E-state index in [1.165, 1.54) is 12.1 Å². The molecule has 1 heterocycles. The third-order valence-electron chi connectivity index (χ3n) is 4.54. The fourth-order valence-corrected chi connectivity index (χ4v) is 3.34. The van der Waals surface area contributed by atoms with Crippen LogP contribution < -0.4 is 15.4 Å². The van der Waals surface area contributed by atoms with Crippen molar-refractivity contribution in [1.29, 1.82) is 0 Å². The number of nitrogens with zero attached hydrogens (tertiary/aromatic N) is 1. The Hall–Kier alpha value is -2.51. The first kappa shape index (κ1) is 23.2. The highest BCUT2D eigenvalue weighted by atomic mass is 35.5. The number of fused-ring (bicyclic) bond motifs is 1. The summed E-state index contributed by atoms with van der Waals surface area (Å²) in [5, 5.41) is 8.40. The Morgan fingerprint density at radius 1 is 1.00 bits per heavy atom. The lowest BCUT2D eigenvalue weighted by Crippen LogP contribution is -2.36. The van der Waals surface area contributed by atoms with E-state index in [-0.39, 0.29) is 11.3 Å². The maximum atomic E-state index is 12.5. The lowest BCUT2D eigenvalue weighted by Gasteiger charge is -2.21. The fraction of sp³-hybridized carbons (Fsp3) is 0.348. The first-order valence-electron chi connectivity index (χ1n) is 9.95. The van der Waals surface area contributed by atoms with Crippen molar-refractivity contribution in [3.05, 3.63) is 53.7 Å². The summed E-state index contributed by atoms with van der Waals surface area (Å²) in [6.45, 7) is 7.91. The highest BCUT2D eigenvalue weighted by molar-refractivity contribution is 6.31. The first-order chi connectivity index (χ1) is 14.5. The molecule has 3 aromatic rings. The summed E-state index contributed by atoms with van der Waals surface area (Å²) in [5.41, 5.74) is 3.17. The first-order valence-corrected chi connectivity index (χ1v) is 10.3. The van der Waals surface area contributed by atoms with Crippen LogP contribution in [0.4, 0.5) is 18.9 Å². The standard InChI is InChI=1S/C23H25ClF3N3O/c1-22(2,3)30-12-4-11-28-21-18-10-7-16(24)13-20(18)29-14-19(21)15-5-8-17(9-6-15)31-23(25,26)27/h5-10,13-14,30H,4,11-12H2,1-3H3,(H,28,29). The van der Waals surface area contributed by atoms with Crippen molar-refractivity contribution in [1.82, 2.24) is 10.3 Å². The van der Waals surface area contributed by atoms with Crippen molar-refractivity contribution in [3.8, 4) is 16.9 Å². The van der Waals surface area contributed by atoms with Gasteiger partial charge in [-0.15, -0.1) is 13.2 Å². The van der Waals surface area contributed by atoms with Crippen LogP contribution in [0.1, 0.15) is 27.2 Å². The van der Waals surface area contributed by atoms with Gasteiger partial charge in [0.25, 0.3) is 0 Å². The zero-order valence-corrected chi connectivity index (χ0v) is 18.4. The predicted molar refractivity (Wildman–Crippen MR) is 120 cm³/mol. The largest absolute Gasteiger partial charge is 0.573 e. The number of aromatic nitrogens is 1. The summed E-state index contributed by atoms with van der Waals surface area (Å²) >= 11 is 6.11. The fourth-order valence-electron chi connectivity index (χ4n) is 3.18. The number of anilines is 1. The van der Waals surface area contributed by atoms with Crippen molar-refractivity contribution in [2.45, 2.75) is 39.1 Å². The molecule has 0 saturated heterocycles. The van der Waals surface area contributed by atoms with Crippen molar-refractivity contribution < 1.29 is 17.9 Å². The van der Waals surface area contributed by atoms with Crippen molar-refractivity contribution in [2.24, 2.45) is 0 Å². The van der Waals surface area contributed by atoms with Crippen molar-refractivity contribution >= 4 is 28.2 Å². The van der Waals surface area contributed by atoms with Crippen LogP contribution in [0.15, 0.2) is 48.7 Å². The van der Waals surface area contributed by atoms with Crippen LogP contribution in [0.25, 0.3) is 22.0 Å². The molecule has 2 N–H and O–H groups in total. The van der Waals surface area contributed by atoms with Gasteiger partial charge in [0, 0.05) is 34.3 Å². The van der Waals surface area contributed by atoms with E-state index in [1.54, 1.807) is 30.5 Å². The molecule has 0 aliphatic carbocycles. The van der Waals surface area contributed by atoms with Crippen molar-refractivity contribution in [2.75, 3.05) is 18.4 Å². The average molecular weight is 452 g/mol. The van der Waals surface area contributed by atoms with Gasteiger partial charge >= 0.3 is 6.36 Å². The summed E-state index contributed by atoms with van der Waals surface area (Å²) in [5.74, 6) is -0.264. The molecule has 2 aromatic carbocycles. The number of pyridine rings is 1. The molecule has 31 heavy (non-hydrogen) atoms. The second-order valence-corrected chi connectivity index (χ2v) is 8.67. The van der Waals surface area contributed by atoms with E-state index in [9.17, 15) is 13.2 Å². The molecule has 0 spiro atoms. The molecule has 0 aliphatic heterocycles. The van der Waals surface area contributed by atoms with E-state index in [0.29, 0.717) is 11.6 Å². The Morgan fingerprint density at radius 3 is 2.35 bits per heavy atom. The van der Waals surface area contributed by atoms with Crippen LogP contribution in [0.5, 0.6) is 5.75 Å². The molecule has 0 fully saturated rings. The van der Waals surface area contributed by atoms with Gasteiger partial charge in [0.05, 0.1) is 11.2 Å². The summed E-state index contributed by atoms with van der Waals surface area (Å²) in [6.07, 6.45) is -2.13. The molecule has 1 aromatic heterocycles. The summed E-state index contributed by atoms with van der Waals surface area (Å²) < 4.78 is 41.3. The van der Waals surface area contributed by atoms with Gasteiger partial charge in [-0.05, 0) is 69.6 Å². The Morgan fingerprint density at radius 2 is 1.71 bits per heavy atom. The van der Waals surface area contributed by atoms with E-state index in [2.05, 4.69) is 41.1 Å². The Bertz CT molecular complexity index is 1030. The van der Waals surface area contributed by atoms with Crippen LogP contribution in [-0.4, -0.2) is 30.0 Å². The van der Waals surface area contributed by atoms with E-state index in [0.717, 1.165) is 40.7 Å². The minimum atomic E-state index is -4.72. The van der Waals surface area contributed by atoms with Gasteiger partial charge in [0.15, 0.2) is 0 Å². The summed E-state index contributed by atoms with van der Waals surface area (Å²) in [6, 6.07) is 11.2. The van der Waals surface area contributed by atoms with Crippen LogP contribution in [-0.2, 0) is 0 Å². The van der Waals surface area contributed by atoms with E-state index >= 15 is 0 Å². The van der Waals surface area contributed by atoms with E-state index in [1.807, 2.05) is 6.07 Å². The van der Waals surface area contributed by atoms with Crippen LogP contribution in [0.3, 0.4) is 0 Å². The van der Waals surface area contributed by atoms with Gasteiger partial charge in [-0.3, -0.25) is 4.98 Å². The molecule has 3 rings (SSSR count). The zero-order chi connectivity index (χ0) is 22.6. The number of halogens is 4. The van der Waals surface area contributed by atoms with Gasteiger partial charge in [-0.1, -0.05) is 23.7 Å². The number of alkyl halides is 3. The number of hydrogen-bond donors (Lipinski definition) is 2. The van der Waals surface area contributed by atoms with E-state index in [4.69, 9.17) is 11.6 Å². The smallest absolute Gasteiger partial charge is 0.406 e. The monoisotopic (exact) mass is 451 g/mol. The third kappa shape index (κ3) is 6.74.